The van der Waals surface area contributed by atoms with E-state index in [-0.39, 0.29) is 0 Å². The lowest BCUT2D eigenvalue weighted by Crippen LogP contribution is -2.46. The highest BCUT2D eigenvalue weighted by atomic mass is 16.5. The fourth-order valence-electron chi connectivity index (χ4n) is 3.78. The molecule has 0 saturated heterocycles. The third-order valence-corrected chi connectivity index (χ3v) is 5.74. The van der Waals surface area contributed by atoms with Crippen LogP contribution in [-0.4, -0.2) is 29.1 Å². The van der Waals surface area contributed by atoms with E-state index in [4.69, 9.17) is 9.15 Å². The van der Waals surface area contributed by atoms with E-state index in [0.29, 0.717) is 41.7 Å². The van der Waals surface area contributed by atoms with Crippen molar-refractivity contribution in [2.45, 2.75) is 59.1 Å². The van der Waals surface area contributed by atoms with Crippen LogP contribution < -0.4 is 15.7 Å². The third-order valence-electron chi connectivity index (χ3n) is 5.74. The summed E-state index contributed by atoms with van der Waals surface area (Å²) in [7, 11) is 0. The molecule has 1 heterocycles. The molecule has 0 aliphatic rings. The summed E-state index contributed by atoms with van der Waals surface area (Å²) in [4.78, 5) is 36.6. The summed E-state index contributed by atoms with van der Waals surface area (Å²) in [5.74, 6) is -1.21. The number of carboxylic acids is 1. The molecule has 0 bridgehead atoms. The van der Waals surface area contributed by atoms with Crippen LogP contribution in [0.3, 0.4) is 0 Å². The summed E-state index contributed by atoms with van der Waals surface area (Å²) in [6, 6.07) is 12.3. The summed E-state index contributed by atoms with van der Waals surface area (Å²) >= 11 is 0. The van der Waals surface area contributed by atoms with Crippen molar-refractivity contribution in [2.24, 2.45) is 0 Å². The van der Waals surface area contributed by atoms with Gasteiger partial charge >= 0.3 is 11.6 Å². The second-order valence-electron chi connectivity index (χ2n) is 8.17. The molecule has 2 atom stereocenters. The van der Waals surface area contributed by atoms with Crippen LogP contribution in [0.25, 0.3) is 11.0 Å². The van der Waals surface area contributed by atoms with Gasteiger partial charge in [-0.1, -0.05) is 43.7 Å². The minimum absolute atomic E-state index is 0.332. The smallest absolute Gasteiger partial charge is 0.340 e. The van der Waals surface area contributed by atoms with Gasteiger partial charge < -0.3 is 19.6 Å². The van der Waals surface area contributed by atoms with Crippen LogP contribution >= 0.6 is 0 Å². The molecular weight excluding hydrogens is 422 g/mol. The number of nitrogens with one attached hydrogen (secondary N) is 1. The van der Waals surface area contributed by atoms with Crippen molar-refractivity contribution in [3.8, 4) is 5.75 Å². The molecule has 2 N–H and O–H groups in total. The molecular formula is C26H29NO6. The molecule has 0 aliphatic heterocycles. The van der Waals surface area contributed by atoms with Gasteiger partial charge in [0.2, 0.25) is 0 Å². The van der Waals surface area contributed by atoms with Gasteiger partial charge in [0, 0.05) is 22.9 Å². The van der Waals surface area contributed by atoms with Crippen molar-refractivity contribution >= 4 is 22.8 Å². The molecule has 1 aromatic heterocycles. The first-order chi connectivity index (χ1) is 15.7. The van der Waals surface area contributed by atoms with Crippen molar-refractivity contribution < 1.29 is 23.8 Å². The number of aryl methyl sites for hydroxylation is 2. The van der Waals surface area contributed by atoms with Gasteiger partial charge in [-0.2, -0.15) is 0 Å². The third kappa shape index (κ3) is 5.42. The first kappa shape index (κ1) is 24.0. The topological polar surface area (TPSA) is 106 Å². The number of carbonyl (C=O) groups excluding carboxylic acids is 1. The Kier molecular flexibility index (Phi) is 7.53. The molecule has 0 radical (unpaired) electrons. The molecule has 0 fully saturated rings. The molecule has 0 saturated carbocycles. The highest BCUT2D eigenvalue weighted by Crippen LogP contribution is 2.30. The predicted molar refractivity (Wildman–Crippen MR) is 126 cm³/mol. The molecule has 2 aromatic carbocycles. The number of aliphatic carboxylic acids is 1. The highest BCUT2D eigenvalue weighted by molar-refractivity contribution is 5.87. The average molecular weight is 452 g/mol. The minimum atomic E-state index is -1.08. The van der Waals surface area contributed by atoms with Crippen LogP contribution in [0.5, 0.6) is 5.75 Å². The molecule has 3 rings (SSSR count). The van der Waals surface area contributed by atoms with Gasteiger partial charge in [0.25, 0.3) is 5.91 Å². The number of carboxylic acid groups (broad SMARTS) is 1. The molecule has 0 unspecified atom stereocenters. The zero-order valence-corrected chi connectivity index (χ0v) is 19.3. The normalized spacial score (nSPS) is 12.8. The van der Waals surface area contributed by atoms with Crippen molar-refractivity contribution in [3.63, 3.8) is 0 Å². The van der Waals surface area contributed by atoms with Crippen LogP contribution in [0.4, 0.5) is 0 Å². The highest BCUT2D eigenvalue weighted by Gasteiger charge is 2.24. The van der Waals surface area contributed by atoms with E-state index in [1.807, 2.05) is 50.2 Å². The van der Waals surface area contributed by atoms with Gasteiger partial charge in [0.15, 0.2) is 6.10 Å². The van der Waals surface area contributed by atoms with E-state index in [2.05, 4.69) is 5.32 Å². The Morgan fingerprint density at radius 3 is 2.42 bits per heavy atom. The molecule has 7 nitrogen and oxygen atoms in total. The summed E-state index contributed by atoms with van der Waals surface area (Å²) < 4.78 is 11.5. The largest absolute Gasteiger partial charge is 0.480 e. The molecule has 7 heteroatoms. The zero-order valence-electron chi connectivity index (χ0n) is 19.3. The second-order valence-corrected chi connectivity index (χ2v) is 8.17. The number of hydrogen-bond donors (Lipinski definition) is 2. The van der Waals surface area contributed by atoms with Crippen molar-refractivity contribution in [3.05, 3.63) is 75.1 Å². The fraction of sp³-hybridized carbons (Fsp3) is 0.346. The Morgan fingerprint density at radius 1 is 1.09 bits per heavy atom. The first-order valence-corrected chi connectivity index (χ1v) is 11.0. The standard InChI is InChI=1S/C26H29NO6/c1-5-9-21(25(29)30)27-24(28)17(4)32-22-13-12-19-15(2)20(14-18-10-7-6-8-11-18)26(31)33-23(19)16(22)3/h6-8,10-13,17,21H,5,9,14H2,1-4H3,(H,27,28)(H,29,30)/t17-,21+/m0/s1. The van der Waals surface area contributed by atoms with Crippen molar-refractivity contribution in [1.82, 2.24) is 5.32 Å². The second kappa shape index (κ2) is 10.3. The number of benzene rings is 2. The zero-order chi connectivity index (χ0) is 24.1. The van der Waals surface area contributed by atoms with Crippen LogP contribution in [0.2, 0.25) is 0 Å². The van der Waals surface area contributed by atoms with E-state index in [0.717, 1.165) is 16.5 Å². The predicted octanol–water partition coefficient (Wildman–Crippen LogP) is 4.14. The monoisotopic (exact) mass is 451 g/mol. The van der Waals surface area contributed by atoms with Crippen LogP contribution in [0, 0.1) is 13.8 Å². The van der Waals surface area contributed by atoms with Gasteiger partial charge in [-0.3, -0.25) is 4.79 Å². The quantitative estimate of drug-likeness (QED) is 0.474. The lowest BCUT2D eigenvalue weighted by Gasteiger charge is -2.20. The number of amides is 1. The Hall–Kier alpha value is -3.61. The molecule has 3 aromatic rings. The first-order valence-electron chi connectivity index (χ1n) is 11.0. The van der Waals surface area contributed by atoms with Crippen LogP contribution in [0.15, 0.2) is 51.7 Å². The Balaban J connectivity index is 1.86. The van der Waals surface area contributed by atoms with Gasteiger partial charge in [0.1, 0.15) is 17.4 Å². The van der Waals surface area contributed by atoms with E-state index in [9.17, 15) is 19.5 Å². The maximum atomic E-state index is 12.8. The number of rotatable bonds is 9. The molecule has 0 spiro atoms. The van der Waals surface area contributed by atoms with E-state index >= 15 is 0 Å². The summed E-state index contributed by atoms with van der Waals surface area (Å²) in [6.07, 6.45) is 0.506. The molecule has 1 amide bonds. The molecule has 0 aliphatic carbocycles. The number of ether oxygens (including phenoxy) is 1. The Morgan fingerprint density at radius 2 is 1.79 bits per heavy atom. The van der Waals surface area contributed by atoms with Crippen molar-refractivity contribution in [2.75, 3.05) is 0 Å². The van der Waals surface area contributed by atoms with Gasteiger partial charge in [0.05, 0.1) is 0 Å². The number of fused-ring (bicyclic) bond motifs is 1. The van der Waals surface area contributed by atoms with Gasteiger partial charge in [-0.15, -0.1) is 0 Å². The van der Waals surface area contributed by atoms with Crippen LogP contribution in [-0.2, 0) is 16.0 Å². The average Bonchev–Trinajstić information content (AvgIpc) is 2.79. The van der Waals surface area contributed by atoms with E-state index in [1.54, 1.807) is 19.9 Å². The molecule has 33 heavy (non-hydrogen) atoms. The van der Waals surface area contributed by atoms with Gasteiger partial charge in [-0.05, 0) is 50.5 Å². The lowest BCUT2D eigenvalue weighted by molar-refractivity contribution is -0.143. The minimum Gasteiger partial charge on any atom is -0.480 e. The maximum absolute atomic E-state index is 12.8. The number of hydrogen-bond acceptors (Lipinski definition) is 5. The van der Waals surface area contributed by atoms with Crippen molar-refractivity contribution in [1.29, 1.82) is 0 Å². The van der Waals surface area contributed by atoms with E-state index in [1.165, 1.54) is 0 Å². The SMILES string of the molecule is CCC[C@@H](NC(=O)[C@H](C)Oc1ccc2c(C)c(Cc3ccccc3)c(=O)oc2c1C)C(=O)O. The van der Waals surface area contributed by atoms with Gasteiger partial charge in [-0.25, -0.2) is 9.59 Å². The Bertz CT molecular complexity index is 1210. The maximum Gasteiger partial charge on any atom is 0.340 e. The fourth-order valence-corrected chi connectivity index (χ4v) is 3.78. The number of carbonyl (C=O) groups is 2. The molecule has 174 valence electrons. The lowest BCUT2D eigenvalue weighted by atomic mass is 9.98. The van der Waals surface area contributed by atoms with E-state index < -0.39 is 29.6 Å². The summed E-state index contributed by atoms with van der Waals surface area (Å²) in [5, 5.41) is 12.6. The Labute approximate surface area is 192 Å². The summed E-state index contributed by atoms with van der Waals surface area (Å²) in [6.45, 7) is 7.06. The summed E-state index contributed by atoms with van der Waals surface area (Å²) in [5.41, 5.74) is 3.07. The van der Waals surface area contributed by atoms with Crippen LogP contribution in [0.1, 0.15) is 48.9 Å².